The highest BCUT2D eigenvalue weighted by Crippen LogP contribution is 2.43. The summed E-state index contributed by atoms with van der Waals surface area (Å²) in [5.74, 6) is -3.44. The summed E-state index contributed by atoms with van der Waals surface area (Å²) in [6.45, 7) is 9.43. The molecule has 250 valence electrons. The summed E-state index contributed by atoms with van der Waals surface area (Å²) < 4.78 is 5.89. The highest BCUT2D eigenvalue weighted by molar-refractivity contribution is 6.10. The van der Waals surface area contributed by atoms with Crippen molar-refractivity contribution < 1.29 is 29.0 Å². The molecular weight excluding hydrogens is 582 g/mol. The Labute approximate surface area is 264 Å². The monoisotopic (exact) mass is 631 g/mol. The summed E-state index contributed by atoms with van der Waals surface area (Å²) in [6, 6.07) is -2.14. The van der Waals surface area contributed by atoms with E-state index in [1.807, 2.05) is 20.8 Å². The average Bonchev–Trinajstić information content (AvgIpc) is 3.73. The van der Waals surface area contributed by atoms with Gasteiger partial charge in [-0.3, -0.25) is 9.59 Å². The molecule has 0 aromatic carbocycles. The molecule has 1 saturated heterocycles. The lowest BCUT2D eigenvalue weighted by Crippen LogP contribution is -2.78. The lowest BCUT2D eigenvalue weighted by Gasteiger charge is -2.50. The summed E-state index contributed by atoms with van der Waals surface area (Å²) in [5.41, 5.74) is 3.26. The smallest absolute Gasteiger partial charge is 0.340 e. The third-order valence-corrected chi connectivity index (χ3v) is 9.14. The van der Waals surface area contributed by atoms with Gasteiger partial charge in [-0.1, -0.05) is 47.0 Å². The van der Waals surface area contributed by atoms with Gasteiger partial charge in [-0.2, -0.15) is 5.12 Å². The van der Waals surface area contributed by atoms with Crippen LogP contribution in [0.4, 0.5) is 0 Å². The number of rotatable bonds is 17. The number of hydrogen-bond donors (Lipinski definition) is 5. The van der Waals surface area contributed by atoms with Crippen LogP contribution in [0.25, 0.3) is 11.2 Å². The number of esters is 1. The molecule has 0 aliphatic carbocycles. The number of likely N-dealkylation sites (tertiary alicyclic amines) is 1. The quantitative estimate of drug-likeness (QED) is 0.0735. The standard InChI is InChI=1S/C30H49N9O6/c1-8-11-12-16-45-28(44)30(39(31-6)32-7,29(5,10-3)26-33-17-20-23(37-26)35-18-34-20)27(43)38-15-13-14-21(38)24(40)36-22(25(41)42)19(4)9-2/h17-19,21-22,31-32H,8-16H2,1-7H3,(H,36,40)(H,41,42)(H,33,34,35,37)/t19-,21-,22-,29-,30-/m0/s1. The van der Waals surface area contributed by atoms with Gasteiger partial charge in [-0.25, -0.2) is 35.4 Å². The minimum absolute atomic E-state index is 0.0845. The van der Waals surface area contributed by atoms with Gasteiger partial charge in [0.1, 0.15) is 23.4 Å². The first-order valence-electron chi connectivity index (χ1n) is 15.8. The number of hydrogen-bond acceptors (Lipinski definition) is 11. The van der Waals surface area contributed by atoms with Crippen LogP contribution >= 0.6 is 0 Å². The van der Waals surface area contributed by atoms with Gasteiger partial charge in [0, 0.05) is 20.6 Å². The van der Waals surface area contributed by atoms with Crippen molar-refractivity contribution in [3.63, 3.8) is 0 Å². The highest BCUT2D eigenvalue weighted by atomic mass is 16.5. The van der Waals surface area contributed by atoms with Crippen molar-refractivity contribution in [3.8, 4) is 0 Å². The van der Waals surface area contributed by atoms with E-state index < -0.39 is 46.8 Å². The molecule has 15 heteroatoms. The molecule has 0 saturated carbocycles. The maximum absolute atomic E-state index is 15.2. The van der Waals surface area contributed by atoms with E-state index in [2.05, 4.69) is 36.1 Å². The van der Waals surface area contributed by atoms with Gasteiger partial charge in [0.2, 0.25) is 11.4 Å². The average molecular weight is 632 g/mol. The molecule has 15 nitrogen and oxygen atoms in total. The Bertz CT molecular complexity index is 1330. The third kappa shape index (κ3) is 6.79. The first-order chi connectivity index (χ1) is 21.5. The van der Waals surface area contributed by atoms with Crippen molar-refractivity contribution >= 4 is 34.9 Å². The number of carbonyl (C=O) groups is 4. The number of imidazole rings is 1. The maximum atomic E-state index is 15.2. The molecule has 2 aromatic heterocycles. The lowest BCUT2D eigenvalue weighted by atomic mass is 9.66. The Kier molecular flexibility index (Phi) is 12.4. The van der Waals surface area contributed by atoms with Crippen LogP contribution in [0, 0.1) is 5.92 Å². The van der Waals surface area contributed by atoms with Crippen molar-refractivity contribution in [3.05, 3.63) is 18.3 Å². The predicted molar refractivity (Wildman–Crippen MR) is 166 cm³/mol. The number of fused-ring (bicyclic) bond motifs is 1. The maximum Gasteiger partial charge on any atom is 0.340 e. The zero-order valence-electron chi connectivity index (χ0n) is 27.5. The van der Waals surface area contributed by atoms with Crippen LogP contribution in [-0.4, -0.2) is 104 Å². The van der Waals surface area contributed by atoms with Crippen molar-refractivity contribution in [2.24, 2.45) is 5.92 Å². The number of nitrogens with zero attached hydrogens (tertiary/aromatic N) is 5. The molecule has 0 spiro atoms. The Morgan fingerprint density at radius 2 is 1.89 bits per heavy atom. The van der Waals surface area contributed by atoms with Gasteiger partial charge in [-0.15, -0.1) is 0 Å². The number of nitrogens with one attached hydrogen (secondary N) is 4. The van der Waals surface area contributed by atoms with Crippen LogP contribution in [0.2, 0.25) is 0 Å². The Hall–Kier alpha value is -3.69. The van der Waals surface area contributed by atoms with Crippen LogP contribution in [0.1, 0.15) is 85.4 Å². The molecule has 3 rings (SSSR count). The van der Waals surface area contributed by atoms with Crippen molar-refractivity contribution in [2.75, 3.05) is 27.2 Å². The van der Waals surface area contributed by atoms with Crippen LogP contribution < -0.4 is 16.2 Å². The fraction of sp³-hybridized carbons (Fsp3) is 0.700. The fourth-order valence-electron chi connectivity index (χ4n) is 6.05. The van der Waals surface area contributed by atoms with Gasteiger partial charge < -0.3 is 25.0 Å². The summed E-state index contributed by atoms with van der Waals surface area (Å²) >= 11 is 0. The normalized spacial score (nSPS) is 19.1. The second-order valence-corrected chi connectivity index (χ2v) is 11.7. The largest absolute Gasteiger partial charge is 0.480 e. The molecule has 2 amide bonds. The summed E-state index contributed by atoms with van der Waals surface area (Å²) in [4.78, 5) is 73.4. The van der Waals surface area contributed by atoms with Crippen LogP contribution in [-0.2, 0) is 29.3 Å². The zero-order chi connectivity index (χ0) is 33.4. The summed E-state index contributed by atoms with van der Waals surface area (Å²) in [5, 5.41) is 13.8. The van der Waals surface area contributed by atoms with E-state index in [1.54, 1.807) is 34.1 Å². The molecule has 5 N–H and O–H groups in total. The summed E-state index contributed by atoms with van der Waals surface area (Å²) in [6.07, 6.45) is 6.89. The number of aromatic nitrogens is 4. The van der Waals surface area contributed by atoms with Crippen molar-refractivity contribution in [2.45, 2.75) is 103 Å². The van der Waals surface area contributed by atoms with E-state index in [1.165, 1.54) is 16.3 Å². The second-order valence-electron chi connectivity index (χ2n) is 11.7. The molecule has 1 aliphatic rings. The molecule has 0 radical (unpaired) electrons. The van der Waals surface area contributed by atoms with E-state index in [9.17, 15) is 19.5 Å². The van der Waals surface area contributed by atoms with Gasteiger partial charge in [0.15, 0.2) is 5.65 Å². The number of carboxylic acids is 1. The van der Waals surface area contributed by atoms with Gasteiger partial charge in [0.05, 0.1) is 24.5 Å². The lowest BCUT2D eigenvalue weighted by molar-refractivity contribution is -0.185. The first kappa shape index (κ1) is 35.8. The molecule has 3 heterocycles. The van der Waals surface area contributed by atoms with Crippen molar-refractivity contribution in [1.82, 2.24) is 46.1 Å². The molecule has 0 unspecified atom stereocenters. The molecular formula is C30H49N9O6. The zero-order valence-corrected chi connectivity index (χ0v) is 27.5. The molecule has 5 atom stereocenters. The number of aromatic amines is 1. The highest BCUT2D eigenvalue weighted by Gasteiger charge is 2.68. The first-order valence-corrected chi connectivity index (χ1v) is 15.8. The number of aliphatic carboxylic acids is 1. The van der Waals surface area contributed by atoms with Crippen molar-refractivity contribution in [1.29, 1.82) is 0 Å². The van der Waals surface area contributed by atoms with E-state index in [0.29, 0.717) is 36.8 Å². The SMILES string of the molecule is CCCCCOC(=O)[C@](C(=O)N1CCC[C@H]1C(=O)N[C@H](C(=O)O)[C@@H](C)CC)(N(NC)NC)[C@@](C)(CC)c1ncc2[nH]cnc2n1. The minimum Gasteiger partial charge on any atom is -0.480 e. The van der Waals surface area contributed by atoms with E-state index in [0.717, 1.165) is 12.8 Å². The summed E-state index contributed by atoms with van der Waals surface area (Å²) in [7, 11) is 3.13. The van der Waals surface area contributed by atoms with Crippen LogP contribution in [0.15, 0.2) is 12.5 Å². The van der Waals surface area contributed by atoms with Gasteiger partial charge >= 0.3 is 11.9 Å². The molecule has 1 aliphatic heterocycles. The van der Waals surface area contributed by atoms with Gasteiger partial charge in [0.25, 0.3) is 5.91 Å². The molecule has 45 heavy (non-hydrogen) atoms. The number of amides is 2. The second kappa shape index (κ2) is 15.5. The van der Waals surface area contributed by atoms with E-state index in [-0.39, 0.29) is 31.3 Å². The number of hydrazine groups is 2. The molecule has 0 bridgehead atoms. The number of carboxylic acid groups (broad SMARTS) is 1. The Morgan fingerprint density at radius 1 is 1.18 bits per heavy atom. The van der Waals surface area contributed by atoms with Gasteiger partial charge in [-0.05, 0) is 38.5 Å². The van der Waals surface area contributed by atoms with E-state index >= 15 is 4.79 Å². The predicted octanol–water partition coefficient (Wildman–Crippen LogP) is 1.67. The number of unbranched alkanes of at least 4 members (excludes halogenated alkanes) is 2. The van der Waals surface area contributed by atoms with Crippen LogP contribution in [0.3, 0.4) is 0 Å². The minimum atomic E-state index is -2.16. The topological polar surface area (TPSA) is 195 Å². The Balaban J connectivity index is 2.21. The number of H-pyrrole nitrogens is 1. The fourth-order valence-corrected chi connectivity index (χ4v) is 6.05. The Morgan fingerprint density at radius 3 is 2.49 bits per heavy atom. The third-order valence-electron chi connectivity index (χ3n) is 9.14. The number of carbonyl (C=O) groups excluding carboxylic acids is 3. The molecule has 1 fully saturated rings. The molecule has 2 aromatic rings. The number of ether oxygens (including phenoxy) is 1. The van der Waals surface area contributed by atoms with E-state index in [4.69, 9.17) is 4.74 Å². The van der Waals surface area contributed by atoms with Crippen LogP contribution in [0.5, 0.6) is 0 Å².